The van der Waals surface area contributed by atoms with Crippen molar-refractivity contribution >= 4 is 33.9 Å². The first kappa shape index (κ1) is 24.6. The number of nitrogens with zero attached hydrogens (tertiary/aromatic N) is 2. The van der Waals surface area contributed by atoms with Gasteiger partial charge in [0, 0.05) is 30.6 Å². The molecule has 5 nitrogen and oxygen atoms in total. The van der Waals surface area contributed by atoms with E-state index in [1.807, 2.05) is 53.9 Å². The van der Waals surface area contributed by atoms with Crippen molar-refractivity contribution in [3.05, 3.63) is 106 Å². The Kier molecular flexibility index (Phi) is 8.23. The summed E-state index contributed by atoms with van der Waals surface area (Å²) >= 11 is 1.56. The highest BCUT2D eigenvalue weighted by Gasteiger charge is 2.23. The first-order valence-corrected chi connectivity index (χ1v) is 12.2. The Hall–Kier alpha value is -3.55. The van der Waals surface area contributed by atoms with Crippen LogP contribution in [-0.4, -0.2) is 48.4 Å². The number of ether oxygens (including phenoxy) is 1. The van der Waals surface area contributed by atoms with Gasteiger partial charge in [-0.05, 0) is 52.0 Å². The maximum atomic E-state index is 13.5. The van der Waals surface area contributed by atoms with Crippen molar-refractivity contribution in [1.29, 1.82) is 0 Å². The Morgan fingerprint density at radius 2 is 1.66 bits per heavy atom. The molecule has 0 bridgehead atoms. The highest BCUT2D eigenvalue weighted by atomic mass is 32.1. The molecule has 0 fully saturated rings. The van der Waals surface area contributed by atoms with E-state index in [1.165, 1.54) is 17.0 Å². The van der Waals surface area contributed by atoms with Crippen LogP contribution in [-0.2, 0) is 22.6 Å². The lowest BCUT2D eigenvalue weighted by molar-refractivity contribution is -0.133. The molecule has 0 atom stereocenters. The largest absolute Gasteiger partial charge is 0.383 e. The summed E-state index contributed by atoms with van der Waals surface area (Å²) < 4.78 is 18.6. The lowest BCUT2D eigenvalue weighted by Gasteiger charge is -2.28. The molecule has 0 spiro atoms. The third-order valence-electron chi connectivity index (χ3n) is 5.74. The van der Waals surface area contributed by atoms with Crippen LogP contribution < -0.4 is 0 Å². The van der Waals surface area contributed by atoms with Crippen molar-refractivity contribution < 1.29 is 18.7 Å². The molecule has 4 rings (SSSR count). The molecule has 35 heavy (non-hydrogen) atoms. The summed E-state index contributed by atoms with van der Waals surface area (Å²) in [5.74, 6) is -0.733. The number of halogens is 1. The molecular formula is C28H27FN2O3S. The number of fused-ring (bicyclic) bond motifs is 1. The van der Waals surface area contributed by atoms with Gasteiger partial charge in [-0.1, -0.05) is 48.5 Å². The molecule has 180 valence electrons. The second-order valence-corrected chi connectivity index (χ2v) is 9.27. The van der Waals surface area contributed by atoms with E-state index in [0.29, 0.717) is 25.3 Å². The Bertz CT molecular complexity index is 1280. The SMILES string of the molecule is COCCN(CC(=O)N(Cc1ccc(F)cc1)Cc1cccs1)C(=O)c1ccc2ccccc2c1. The lowest BCUT2D eigenvalue weighted by atomic mass is 10.1. The summed E-state index contributed by atoms with van der Waals surface area (Å²) in [5, 5.41) is 3.97. The number of methoxy groups -OCH3 is 1. The number of benzene rings is 3. The van der Waals surface area contributed by atoms with Crippen molar-refractivity contribution in [2.75, 3.05) is 26.8 Å². The summed E-state index contributed by atoms with van der Waals surface area (Å²) in [4.78, 5) is 31.2. The summed E-state index contributed by atoms with van der Waals surface area (Å²) in [7, 11) is 1.57. The predicted molar refractivity (Wildman–Crippen MR) is 137 cm³/mol. The van der Waals surface area contributed by atoms with Crippen molar-refractivity contribution in [1.82, 2.24) is 9.80 Å². The van der Waals surface area contributed by atoms with Crippen LogP contribution in [0.4, 0.5) is 4.39 Å². The smallest absolute Gasteiger partial charge is 0.254 e. The van der Waals surface area contributed by atoms with E-state index in [0.717, 1.165) is 21.2 Å². The van der Waals surface area contributed by atoms with Gasteiger partial charge in [0.05, 0.1) is 13.2 Å². The summed E-state index contributed by atoms with van der Waals surface area (Å²) in [6, 6.07) is 23.4. The van der Waals surface area contributed by atoms with Crippen LogP contribution in [0.5, 0.6) is 0 Å². The summed E-state index contributed by atoms with van der Waals surface area (Å²) in [5.41, 5.74) is 1.34. The number of rotatable bonds is 10. The molecule has 0 saturated heterocycles. The third-order valence-corrected chi connectivity index (χ3v) is 6.60. The summed E-state index contributed by atoms with van der Waals surface area (Å²) in [6.45, 7) is 1.25. The molecule has 2 amide bonds. The maximum absolute atomic E-state index is 13.5. The normalized spacial score (nSPS) is 10.9. The third kappa shape index (κ3) is 6.53. The molecule has 0 aliphatic rings. The van der Waals surface area contributed by atoms with Gasteiger partial charge in [0.1, 0.15) is 12.4 Å². The maximum Gasteiger partial charge on any atom is 0.254 e. The molecule has 0 aliphatic heterocycles. The van der Waals surface area contributed by atoms with Gasteiger partial charge in [-0.25, -0.2) is 4.39 Å². The van der Waals surface area contributed by atoms with Crippen LogP contribution in [0.1, 0.15) is 20.8 Å². The van der Waals surface area contributed by atoms with Crippen LogP contribution in [0, 0.1) is 5.82 Å². The zero-order valence-electron chi connectivity index (χ0n) is 19.5. The molecule has 3 aromatic carbocycles. The van der Waals surface area contributed by atoms with Crippen molar-refractivity contribution in [2.24, 2.45) is 0 Å². The minimum Gasteiger partial charge on any atom is -0.383 e. The molecule has 4 aromatic rings. The van der Waals surface area contributed by atoms with Crippen LogP contribution >= 0.6 is 11.3 Å². The van der Waals surface area contributed by atoms with Crippen LogP contribution in [0.3, 0.4) is 0 Å². The molecule has 0 radical (unpaired) electrons. The Morgan fingerprint density at radius 1 is 0.886 bits per heavy atom. The minimum atomic E-state index is -0.323. The first-order chi connectivity index (χ1) is 17.0. The average Bonchev–Trinajstić information content (AvgIpc) is 3.40. The van der Waals surface area contributed by atoms with Gasteiger partial charge < -0.3 is 14.5 Å². The Labute approximate surface area is 208 Å². The first-order valence-electron chi connectivity index (χ1n) is 11.3. The molecule has 1 heterocycles. The second-order valence-electron chi connectivity index (χ2n) is 8.24. The molecule has 0 saturated carbocycles. The fourth-order valence-electron chi connectivity index (χ4n) is 3.86. The van der Waals surface area contributed by atoms with E-state index in [-0.39, 0.29) is 30.7 Å². The van der Waals surface area contributed by atoms with Gasteiger partial charge >= 0.3 is 0 Å². The van der Waals surface area contributed by atoms with Gasteiger partial charge in [0.25, 0.3) is 5.91 Å². The number of carbonyl (C=O) groups excluding carboxylic acids is 2. The zero-order chi connectivity index (χ0) is 24.6. The zero-order valence-corrected chi connectivity index (χ0v) is 20.3. The highest BCUT2D eigenvalue weighted by molar-refractivity contribution is 7.09. The minimum absolute atomic E-state index is 0.0818. The van der Waals surface area contributed by atoms with Gasteiger partial charge in [-0.2, -0.15) is 0 Å². The number of hydrogen-bond donors (Lipinski definition) is 0. The fourth-order valence-corrected chi connectivity index (χ4v) is 4.57. The Morgan fingerprint density at radius 3 is 2.37 bits per heavy atom. The van der Waals surface area contributed by atoms with Gasteiger partial charge in [-0.3, -0.25) is 9.59 Å². The number of thiophene rings is 1. The number of carbonyl (C=O) groups is 2. The van der Waals surface area contributed by atoms with Crippen molar-refractivity contribution in [2.45, 2.75) is 13.1 Å². The fraction of sp³-hybridized carbons (Fsp3) is 0.214. The van der Waals surface area contributed by atoms with Crippen LogP contribution in [0.25, 0.3) is 10.8 Å². The summed E-state index contributed by atoms with van der Waals surface area (Å²) in [6.07, 6.45) is 0. The van der Waals surface area contributed by atoms with Gasteiger partial charge in [-0.15, -0.1) is 11.3 Å². The number of amides is 2. The molecular weight excluding hydrogens is 463 g/mol. The van der Waals surface area contributed by atoms with E-state index in [2.05, 4.69) is 0 Å². The Balaban J connectivity index is 1.55. The molecule has 0 unspecified atom stereocenters. The molecule has 0 N–H and O–H groups in total. The standard InChI is InChI=1S/C28H27FN2O3S/c1-34-15-14-30(28(33)24-11-10-22-5-2-3-6-23(22)17-24)20-27(32)31(19-26-7-4-16-35-26)18-21-8-12-25(29)13-9-21/h2-13,16-17H,14-15,18-20H2,1H3. The van der Waals surface area contributed by atoms with E-state index in [9.17, 15) is 14.0 Å². The molecule has 1 aromatic heterocycles. The van der Waals surface area contributed by atoms with E-state index < -0.39 is 0 Å². The van der Waals surface area contributed by atoms with E-state index >= 15 is 0 Å². The molecule has 0 aliphatic carbocycles. The van der Waals surface area contributed by atoms with E-state index in [1.54, 1.807) is 41.5 Å². The van der Waals surface area contributed by atoms with Crippen molar-refractivity contribution in [3.8, 4) is 0 Å². The average molecular weight is 491 g/mol. The lowest BCUT2D eigenvalue weighted by Crippen LogP contribution is -2.43. The second kappa shape index (κ2) is 11.7. The topological polar surface area (TPSA) is 49.9 Å². The van der Waals surface area contributed by atoms with Crippen LogP contribution in [0.15, 0.2) is 84.2 Å². The number of hydrogen-bond acceptors (Lipinski definition) is 4. The van der Waals surface area contributed by atoms with Gasteiger partial charge in [0.2, 0.25) is 5.91 Å². The predicted octanol–water partition coefficient (Wildman–Crippen LogP) is 5.36. The van der Waals surface area contributed by atoms with Crippen LogP contribution in [0.2, 0.25) is 0 Å². The molecule has 7 heteroatoms. The van der Waals surface area contributed by atoms with Crippen molar-refractivity contribution in [3.63, 3.8) is 0 Å². The highest BCUT2D eigenvalue weighted by Crippen LogP contribution is 2.19. The quantitative estimate of drug-likeness (QED) is 0.301. The monoisotopic (exact) mass is 490 g/mol. The van der Waals surface area contributed by atoms with E-state index in [4.69, 9.17) is 4.74 Å². The van der Waals surface area contributed by atoms with Gasteiger partial charge in [0.15, 0.2) is 0 Å².